The van der Waals surface area contributed by atoms with Gasteiger partial charge in [-0.3, -0.25) is 14.2 Å². The van der Waals surface area contributed by atoms with Gasteiger partial charge in [-0.1, -0.05) is 23.7 Å². The van der Waals surface area contributed by atoms with Gasteiger partial charge in [-0.2, -0.15) is 0 Å². The van der Waals surface area contributed by atoms with Crippen LogP contribution in [0, 0.1) is 11.7 Å². The van der Waals surface area contributed by atoms with Crippen LogP contribution >= 0.6 is 11.6 Å². The molecule has 2 amide bonds. The van der Waals surface area contributed by atoms with Crippen molar-refractivity contribution in [1.82, 2.24) is 14.5 Å². The molecule has 0 unspecified atom stereocenters. The molecule has 1 fully saturated rings. The second kappa shape index (κ2) is 9.19. The summed E-state index contributed by atoms with van der Waals surface area (Å²) in [5, 5.41) is 3.15. The number of nitrogens with zero attached hydrogens (tertiary/aromatic N) is 3. The van der Waals surface area contributed by atoms with Crippen LogP contribution in [0.4, 0.5) is 10.2 Å². The van der Waals surface area contributed by atoms with Crippen LogP contribution in [-0.2, 0) is 4.79 Å². The quantitative estimate of drug-likeness (QED) is 0.379. The Hall–Kier alpha value is -4.24. The Bertz CT molecular complexity index is 1450. The number of hydrogen-bond acceptors (Lipinski definition) is 5. The van der Waals surface area contributed by atoms with Crippen LogP contribution in [0.15, 0.2) is 67.0 Å². The molecule has 2 heterocycles. The largest absolute Gasteiger partial charge is 0.454 e. The number of rotatable bonds is 7. The smallest absolute Gasteiger partial charge is 0.268 e. The first-order valence-electron chi connectivity index (χ1n) is 10.8. The number of imidazole rings is 1. The molecule has 3 N–H and O–H groups in total. The van der Waals surface area contributed by atoms with Crippen molar-refractivity contribution in [2.45, 2.75) is 12.8 Å². The fourth-order valence-corrected chi connectivity index (χ4v) is 3.73. The van der Waals surface area contributed by atoms with Crippen molar-refractivity contribution in [3.05, 3.63) is 83.5 Å². The van der Waals surface area contributed by atoms with Gasteiger partial charge in [0.25, 0.3) is 5.91 Å². The maximum absolute atomic E-state index is 15.1. The summed E-state index contributed by atoms with van der Waals surface area (Å²) in [5.41, 5.74) is 6.37. The molecule has 8 nitrogen and oxygen atoms in total. The number of amides is 2. The number of primary amides is 1. The van der Waals surface area contributed by atoms with Gasteiger partial charge >= 0.3 is 0 Å². The fourth-order valence-electron chi connectivity index (χ4n) is 3.50. The lowest BCUT2D eigenvalue weighted by Gasteiger charge is -2.12. The van der Waals surface area contributed by atoms with Crippen LogP contribution in [0.25, 0.3) is 17.1 Å². The summed E-state index contributed by atoms with van der Waals surface area (Å²) in [4.78, 5) is 32.1. The van der Waals surface area contributed by atoms with E-state index in [4.69, 9.17) is 22.1 Å². The topological polar surface area (TPSA) is 112 Å². The van der Waals surface area contributed by atoms with Crippen LogP contribution in [-0.4, -0.2) is 26.3 Å². The molecule has 5 rings (SSSR count). The summed E-state index contributed by atoms with van der Waals surface area (Å²) in [6.07, 6.45) is 4.66. The standard InChI is InChI=1S/C25H19ClFN5O3/c26-17-3-1-2-4-20(17)32-13-19(23(28)33)30-24(32)15-7-8-21(18(27)11-15)35-16-9-10-29-22(12-16)31-25(34)14-5-6-14/h1-4,7-14H,5-6H2,(H2,28,33)(H,29,31,34). The normalized spacial score (nSPS) is 12.9. The number of anilines is 1. The Labute approximate surface area is 204 Å². The third-order valence-corrected chi connectivity index (χ3v) is 5.74. The summed E-state index contributed by atoms with van der Waals surface area (Å²) in [6.45, 7) is 0. The number of para-hydroxylation sites is 1. The Morgan fingerprint density at radius 3 is 2.66 bits per heavy atom. The predicted octanol–water partition coefficient (Wildman–Crippen LogP) is 4.97. The number of ether oxygens (including phenoxy) is 1. The molecule has 10 heteroatoms. The lowest BCUT2D eigenvalue weighted by molar-refractivity contribution is -0.117. The molecule has 1 saturated carbocycles. The number of hydrogen-bond donors (Lipinski definition) is 2. The first-order valence-corrected chi connectivity index (χ1v) is 11.2. The van der Waals surface area contributed by atoms with E-state index in [1.807, 2.05) is 0 Å². The van der Waals surface area contributed by atoms with Crippen LogP contribution in [0.3, 0.4) is 0 Å². The summed E-state index contributed by atoms with van der Waals surface area (Å²) < 4.78 is 22.3. The van der Waals surface area contributed by atoms with E-state index in [1.54, 1.807) is 41.0 Å². The highest BCUT2D eigenvalue weighted by molar-refractivity contribution is 6.32. The Balaban J connectivity index is 1.44. The average molecular weight is 492 g/mol. The molecule has 0 bridgehead atoms. The van der Waals surface area contributed by atoms with E-state index >= 15 is 4.39 Å². The average Bonchev–Trinajstić information content (AvgIpc) is 3.60. The summed E-state index contributed by atoms with van der Waals surface area (Å²) in [7, 11) is 0. The van der Waals surface area contributed by atoms with Gasteiger partial charge in [-0.15, -0.1) is 0 Å². The summed E-state index contributed by atoms with van der Waals surface area (Å²) >= 11 is 6.33. The van der Waals surface area contributed by atoms with Crippen molar-refractivity contribution in [1.29, 1.82) is 0 Å². The van der Waals surface area contributed by atoms with E-state index in [9.17, 15) is 9.59 Å². The van der Waals surface area contributed by atoms with Crippen molar-refractivity contribution >= 4 is 29.2 Å². The zero-order valence-electron chi connectivity index (χ0n) is 18.2. The van der Waals surface area contributed by atoms with Crippen molar-refractivity contribution in [3.8, 4) is 28.6 Å². The minimum absolute atomic E-state index is 0.0122. The first-order chi connectivity index (χ1) is 16.9. The number of aromatic nitrogens is 3. The molecule has 2 aromatic heterocycles. The number of nitrogens with two attached hydrogens (primary N) is 1. The van der Waals surface area contributed by atoms with Crippen molar-refractivity contribution < 1.29 is 18.7 Å². The molecule has 0 spiro atoms. The number of carbonyl (C=O) groups excluding carboxylic acids is 2. The van der Waals surface area contributed by atoms with Crippen LogP contribution in [0.1, 0.15) is 23.3 Å². The molecule has 4 aromatic rings. The third kappa shape index (κ3) is 4.85. The number of benzene rings is 2. The SMILES string of the molecule is NC(=O)c1cn(-c2ccccc2Cl)c(-c2ccc(Oc3ccnc(NC(=O)C4CC4)c3)c(F)c2)n1. The number of nitrogens with one attached hydrogen (secondary N) is 1. The van der Waals surface area contributed by atoms with Gasteiger partial charge in [0.15, 0.2) is 11.6 Å². The lowest BCUT2D eigenvalue weighted by Crippen LogP contribution is -2.14. The highest BCUT2D eigenvalue weighted by Gasteiger charge is 2.29. The van der Waals surface area contributed by atoms with Gasteiger partial charge in [0, 0.05) is 29.9 Å². The van der Waals surface area contributed by atoms with Gasteiger partial charge in [0.2, 0.25) is 5.91 Å². The molecule has 0 atom stereocenters. The number of halogens is 2. The van der Waals surface area contributed by atoms with Crippen molar-refractivity contribution in [3.63, 3.8) is 0 Å². The van der Waals surface area contributed by atoms with Crippen molar-refractivity contribution in [2.24, 2.45) is 11.7 Å². The fraction of sp³-hybridized carbons (Fsp3) is 0.120. The van der Waals surface area contributed by atoms with Gasteiger partial charge in [0.05, 0.1) is 10.7 Å². The van der Waals surface area contributed by atoms with E-state index in [0.29, 0.717) is 27.8 Å². The molecule has 0 radical (unpaired) electrons. The van der Waals surface area contributed by atoms with Gasteiger partial charge in [-0.05, 0) is 49.2 Å². The predicted molar refractivity (Wildman–Crippen MR) is 128 cm³/mol. The number of pyridine rings is 1. The molecule has 1 aliphatic carbocycles. The molecule has 35 heavy (non-hydrogen) atoms. The Kier molecular flexibility index (Phi) is 5.92. The highest BCUT2D eigenvalue weighted by Crippen LogP contribution is 2.33. The van der Waals surface area contributed by atoms with Crippen LogP contribution in [0.2, 0.25) is 5.02 Å². The minimum Gasteiger partial charge on any atom is -0.454 e. The van der Waals surface area contributed by atoms with Crippen molar-refractivity contribution in [2.75, 3.05) is 5.32 Å². The molecule has 2 aromatic carbocycles. The molecular weight excluding hydrogens is 473 g/mol. The Morgan fingerprint density at radius 1 is 1.14 bits per heavy atom. The lowest BCUT2D eigenvalue weighted by atomic mass is 10.2. The van der Waals surface area contributed by atoms with Gasteiger partial charge in [0.1, 0.15) is 23.1 Å². The van der Waals surface area contributed by atoms with E-state index in [2.05, 4.69) is 15.3 Å². The second-order valence-electron chi connectivity index (χ2n) is 8.02. The van der Waals surface area contributed by atoms with Gasteiger partial charge in [-0.25, -0.2) is 14.4 Å². The maximum atomic E-state index is 15.1. The zero-order chi connectivity index (χ0) is 24.5. The van der Waals surface area contributed by atoms with E-state index in [0.717, 1.165) is 12.8 Å². The second-order valence-corrected chi connectivity index (χ2v) is 8.43. The van der Waals surface area contributed by atoms with Gasteiger partial charge < -0.3 is 15.8 Å². The maximum Gasteiger partial charge on any atom is 0.268 e. The van der Waals surface area contributed by atoms with E-state index < -0.39 is 11.7 Å². The van der Waals surface area contributed by atoms with E-state index in [-0.39, 0.29) is 29.1 Å². The molecule has 0 saturated heterocycles. The monoisotopic (exact) mass is 491 g/mol. The number of carbonyl (C=O) groups is 2. The zero-order valence-corrected chi connectivity index (χ0v) is 19.0. The summed E-state index contributed by atoms with van der Waals surface area (Å²) in [5.74, 6) is -0.550. The minimum atomic E-state index is -0.722. The molecule has 0 aliphatic heterocycles. The first kappa shape index (κ1) is 22.5. The van der Waals surface area contributed by atoms with E-state index in [1.165, 1.54) is 30.6 Å². The molecular formula is C25H19ClFN5O3. The summed E-state index contributed by atoms with van der Waals surface area (Å²) in [6, 6.07) is 14.4. The van der Waals surface area contributed by atoms with Crippen LogP contribution < -0.4 is 15.8 Å². The highest BCUT2D eigenvalue weighted by atomic mass is 35.5. The van der Waals surface area contributed by atoms with Crippen LogP contribution in [0.5, 0.6) is 11.5 Å². The Morgan fingerprint density at radius 2 is 1.94 bits per heavy atom. The third-order valence-electron chi connectivity index (χ3n) is 5.42. The molecule has 1 aliphatic rings. The molecule has 176 valence electrons.